The van der Waals surface area contributed by atoms with Crippen molar-refractivity contribution in [1.82, 2.24) is 9.88 Å². The number of halogens is 1. The Labute approximate surface area is 163 Å². The van der Waals surface area contributed by atoms with Crippen LogP contribution in [0.2, 0.25) is 0 Å². The number of aromatic nitrogens is 1. The van der Waals surface area contributed by atoms with Gasteiger partial charge in [-0.05, 0) is 49.3 Å². The molecule has 0 N–H and O–H groups in total. The minimum atomic E-state index is 0.201. The summed E-state index contributed by atoms with van der Waals surface area (Å²) in [6, 6.07) is 8.84. The van der Waals surface area contributed by atoms with E-state index in [0.29, 0.717) is 18.2 Å². The Morgan fingerprint density at radius 1 is 1.12 bits per heavy atom. The SMILES string of the molecule is O=C(Cc1cc2cc(Br)ccc2cn1)C1CCC(N2CCOCC2)CC1. The number of carbonyl (C=O) groups excluding carboxylic acids is 1. The fourth-order valence-corrected chi connectivity index (χ4v) is 4.66. The molecule has 1 aliphatic carbocycles. The fraction of sp³-hybridized carbons (Fsp3) is 0.524. The smallest absolute Gasteiger partial charge is 0.141 e. The molecule has 4 rings (SSSR count). The molecule has 138 valence electrons. The van der Waals surface area contributed by atoms with Crippen molar-refractivity contribution in [1.29, 1.82) is 0 Å². The summed E-state index contributed by atoms with van der Waals surface area (Å²) in [4.78, 5) is 19.8. The van der Waals surface area contributed by atoms with Gasteiger partial charge in [0.15, 0.2) is 0 Å². The van der Waals surface area contributed by atoms with E-state index in [-0.39, 0.29) is 5.92 Å². The molecule has 1 aliphatic heterocycles. The summed E-state index contributed by atoms with van der Waals surface area (Å²) < 4.78 is 6.50. The zero-order valence-corrected chi connectivity index (χ0v) is 16.6. The van der Waals surface area contributed by atoms with Gasteiger partial charge in [0.25, 0.3) is 0 Å². The van der Waals surface area contributed by atoms with Gasteiger partial charge in [0.2, 0.25) is 0 Å². The molecule has 1 aromatic carbocycles. The maximum atomic E-state index is 12.8. The normalized spacial score (nSPS) is 24.7. The lowest BCUT2D eigenvalue weighted by atomic mass is 9.81. The van der Waals surface area contributed by atoms with Crippen LogP contribution >= 0.6 is 15.9 Å². The molecule has 1 saturated carbocycles. The molecule has 2 fully saturated rings. The monoisotopic (exact) mass is 416 g/mol. The number of nitrogens with zero attached hydrogens (tertiary/aromatic N) is 2. The average Bonchev–Trinajstić information content (AvgIpc) is 2.68. The van der Waals surface area contributed by atoms with Gasteiger partial charge in [0, 0.05) is 53.2 Å². The maximum Gasteiger partial charge on any atom is 0.141 e. The first kappa shape index (κ1) is 18.1. The lowest BCUT2D eigenvalue weighted by molar-refractivity contribution is -0.123. The number of Topliss-reactive ketones (excluding diaryl/α,β-unsaturated/α-hetero) is 1. The summed E-state index contributed by atoms with van der Waals surface area (Å²) in [5.74, 6) is 0.555. The predicted molar refractivity (Wildman–Crippen MR) is 106 cm³/mol. The van der Waals surface area contributed by atoms with Crippen molar-refractivity contribution >= 4 is 32.5 Å². The zero-order valence-electron chi connectivity index (χ0n) is 15.0. The van der Waals surface area contributed by atoms with Crippen LogP contribution in [0.5, 0.6) is 0 Å². The lowest BCUT2D eigenvalue weighted by Crippen LogP contribution is -2.45. The van der Waals surface area contributed by atoms with Crippen molar-refractivity contribution in [3.8, 4) is 0 Å². The van der Waals surface area contributed by atoms with E-state index < -0.39 is 0 Å². The fourth-order valence-electron chi connectivity index (χ4n) is 4.28. The molecule has 0 unspecified atom stereocenters. The van der Waals surface area contributed by atoms with E-state index in [1.165, 1.54) is 0 Å². The van der Waals surface area contributed by atoms with E-state index in [1.807, 2.05) is 18.3 Å². The van der Waals surface area contributed by atoms with Crippen LogP contribution in [-0.2, 0) is 16.0 Å². The molecule has 2 heterocycles. The Hall–Kier alpha value is -1.30. The van der Waals surface area contributed by atoms with Crippen molar-refractivity contribution in [3.05, 3.63) is 40.6 Å². The zero-order chi connectivity index (χ0) is 17.9. The second-order valence-electron chi connectivity index (χ2n) is 7.46. The highest BCUT2D eigenvalue weighted by Crippen LogP contribution is 2.29. The number of carbonyl (C=O) groups is 1. The average molecular weight is 417 g/mol. The summed E-state index contributed by atoms with van der Waals surface area (Å²) >= 11 is 3.51. The third kappa shape index (κ3) is 4.16. The van der Waals surface area contributed by atoms with E-state index in [4.69, 9.17) is 4.74 Å². The van der Waals surface area contributed by atoms with Crippen LogP contribution in [0.1, 0.15) is 31.4 Å². The quantitative estimate of drug-likeness (QED) is 0.754. The van der Waals surface area contributed by atoms with Crippen molar-refractivity contribution < 1.29 is 9.53 Å². The predicted octanol–water partition coefficient (Wildman–Crippen LogP) is 4.00. The number of hydrogen-bond donors (Lipinski definition) is 0. The third-order valence-electron chi connectivity index (χ3n) is 5.81. The first-order valence-electron chi connectivity index (χ1n) is 9.58. The summed E-state index contributed by atoms with van der Waals surface area (Å²) in [6.45, 7) is 3.78. The molecule has 0 radical (unpaired) electrons. The molecule has 1 saturated heterocycles. The van der Waals surface area contributed by atoms with Crippen molar-refractivity contribution in [2.24, 2.45) is 5.92 Å². The number of pyridine rings is 1. The van der Waals surface area contributed by atoms with Gasteiger partial charge < -0.3 is 4.74 Å². The molecule has 5 heteroatoms. The van der Waals surface area contributed by atoms with E-state index in [0.717, 1.165) is 72.9 Å². The summed E-state index contributed by atoms with van der Waals surface area (Å²) in [6.07, 6.45) is 6.62. The van der Waals surface area contributed by atoms with Crippen LogP contribution in [0, 0.1) is 5.92 Å². The van der Waals surface area contributed by atoms with Crippen molar-refractivity contribution in [3.63, 3.8) is 0 Å². The standard InChI is InChI=1S/C21H25BrN2O2/c22-18-4-1-16-14-23-19(12-17(16)11-18)13-21(25)15-2-5-20(6-3-15)24-7-9-26-10-8-24/h1,4,11-12,14-15,20H,2-3,5-10,13H2. The van der Waals surface area contributed by atoms with Crippen LogP contribution in [0.15, 0.2) is 34.9 Å². The van der Waals surface area contributed by atoms with Crippen molar-refractivity contribution in [2.75, 3.05) is 26.3 Å². The number of ether oxygens (including phenoxy) is 1. The number of benzene rings is 1. The molecule has 0 atom stereocenters. The van der Waals surface area contributed by atoms with E-state index in [2.05, 4.69) is 37.9 Å². The second kappa shape index (κ2) is 8.15. The highest BCUT2D eigenvalue weighted by Gasteiger charge is 2.30. The second-order valence-corrected chi connectivity index (χ2v) is 8.38. The first-order valence-corrected chi connectivity index (χ1v) is 10.4. The van der Waals surface area contributed by atoms with Crippen LogP contribution < -0.4 is 0 Å². The molecule has 2 aromatic rings. The van der Waals surface area contributed by atoms with E-state index in [1.54, 1.807) is 0 Å². The molecular formula is C21H25BrN2O2. The van der Waals surface area contributed by atoms with Gasteiger partial charge in [0.1, 0.15) is 5.78 Å². The van der Waals surface area contributed by atoms with Gasteiger partial charge in [-0.2, -0.15) is 0 Å². The van der Waals surface area contributed by atoms with Gasteiger partial charge in [-0.25, -0.2) is 0 Å². The Bertz CT molecular complexity index is 781. The number of rotatable bonds is 4. The topological polar surface area (TPSA) is 42.4 Å². The highest BCUT2D eigenvalue weighted by atomic mass is 79.9. The molecule has 0 spiro atoms. The third-order valence-corrected chi connectivity index (χ3v) is 6.30. The molecular weight excluding hydrogens is 392 g/mol. The largest absolute Gasteiger partial charge is 0.379 e. The molecule has 0 bridgehead atoms. The minimum absolute atomic E-state index is 0.201. The minimum Gasteiger partial charge on any atom is -0.379 e. The molecule has 1 aromatic heterocycles. The summed E-state index contributed by atoms with van der Waals surface area (Å²) in [5, 5.41) is 2.24. The number of hydrogen-bond acceptors (Lipinski definition) is 4. The lowest BCUT2D eigenvalue weighted by Gasteiger charge is -2.38. The van der Waals surface area contributed by atoms with Crippen LogP contribution in [0.4, 0.5) is 0 Å². The van der Waals surface area contributed by atoms with Crippen LogP contribution in [-0.4, -0.2) is 48.0 Å². The molecule has 2 aliphatic rings. The maximum absolute atomic E-state index is 12.8. The van der Waals surface area contributed by atoms with Gasteiger partial charge in [-0.15, -0.1) is 0 Å². The molecule has 4 nitrogen and oxygen atoms in total. The Kier molecular flexibility index (Phi) is 5.67. The first-order chi connectivity index (χ1) is 12.7. The number of morpholine rings is 1. The van der Waals surface area contributed by atoms with Gasteiger partial charge in [-0.3, -0.25) is 14.7 Å². The number of ketones is 1. The summed E-state index contributed by atoms with van der Waals surface area (Å²) in [7, 11) is 0. The Morgan fingerprint density at radius 3 is 2.65 bits per heavy atom. The molecule has 26 heavy (non-hydrogen) atoms. The number of fused-ring (bicyclic) bond motifs is 1. The summed E-state index contributed by atoms with van der Waals surface area (Å²) in [5.41, 5.74) is 0.885. The Balaban J connectivity index is 1.35. The van der Waals surface area contributed by atoms with Gasteiger partial charge in [-0.1, -0.05) is 22.0 Å². The van der Waals surface area contributed by atoms with Crippen LogP contribution in [0.25, 0.3) is 10.8 Å². The van der Waals surface area contributed by atoms with Gasteiger partial charge >= 0.3 is 0 Å². The van der Waals surface area contributed by atoms with E-state index in [9.17, 15) is 4.79 Å². The van der Waals surface area contributed by atoms with E-state index >= 15 is 0 Å². The Morgan fingerprint density at radius 2 is 1.88 bits per heavy atom. The van der Waals surface area contributed by atoms with Crippen LogP contribution in [0.3, 0.4) is 0 Å². The highest BCUT2D eigenvalue weighted by molar-refractivity contribution is 9.10. The van der Waals surface area contributed by atoms with Gasteiger partial charge in [0.05, 0.1) is 13.2 Å². The van der Waals surface area contributed by atoms with Crippen molar-refractivity contribution in [2.45, 2.75) is 38.1 Å². The molecule has 0 amide bonds.